The SMILES string of the molecule is CC(C(=O)N1CCCC(C(N)=O)C1)N1CCC2(CCC1=O)NC(=O)c1ccccc1O2. The number of likely N-dealkylation sites (tertiary alicyclic amines) is 2. The number of hydrogen-bond donors (Lipinski definition) is 2. The van der Waals surface area contributed by atoms with E-state index in [1.165, 1.54) is 0 Å². The summed E-state index contributed by atoms with van der Waals surface area (Å²) in [5.74, 6) is -0.811. The molecule has 0 radical (unpaired) electrons. The van der Waals surface area contributed by atoms with Crippen molar-refractivity contribution in [3.8, 4) is 5.75 Å². The molecule has 1 aromatic rings. The van der Waals surface area contributed by atoms with Gasteiger partial charge in [-0.1, -0.05) is 12.1 Å². The molecule has 3 heterocycles. The second-order valence-electron chi connectivity index (χ2n) is 8.59. The average molecular weight is 428 g/mol. The van der Waals surface area contributed by atoms with Gasteiger partial charge in [-0.05, 0) is 31.9 Å². The summed E-state index contributed by atoms with van der Waals surface area (Å²) in [6.45, 7) is 2.83. The first-order valence-electron chi connectivity index (χ1n) is 10.8. The van der Waals surface area contributed by atoms with Gasteiger partial charge in [0.15, 0.2) is 5.72 Å². The highest BCUT2D eigenvalue weighted by atomic mass is 16.5. The van der Waals surface area contributed by atoms with Crippen LogP contribution in [0.25, 0.3) is 0 Å². The Labute approximate surface area is 180 Å². The summed E-state index contributed by atoms with van der Waals surface area (Å²) in [5.41, 5.74) is 4.92. The zero-order valence-corrected chi connectivity index (χ0v) is 17.6. The zero-order chi connectivity index (χ0) is 22.2. The van der Waals surface area contributed by atoms with Crippen LogP contribution in [0.1, 0.15) is 49.4 Å². The van der Waals surface area contributed by atoms with Gasteiger partial charge in [-0.3, -0.25) is 19.2 Å². The van der Waals surface area contributed by atoms with Gasteiger partial charge >= 0.3 is 0 Å². The van der Waals surface area contributed by atoms with Crippen LogP contribution >= 0.6 is 0 Å². The molecule has 9 nitrogen and oxygen atoms in total. The third-order valence-corrected chi connectivity index (χ3v) is 6.56. The summed E-state index contributed by atoms with van der Waals surface area (Å²) >= 11 is 0. The molecule has 3 unspecified atom stereocenters. The molecule has 1 aromatic carbocycles. The van der Waals surface area contributed by atoms with E-state index in [0.29, 0.717) is 50.1 Å². The Hall–Kier alpha value is -3.10. The smallest absolute Gasteiger partial charge is 0.258 e. The minimum absolute atomic E-state index is 0.155. The maximum absolute atomic E-state index is 13.1. The van der Waals surface area contributed by atoms with Crippen LogP contribution < -0.4 is 15.8 Å². The van der Waals surface area contributed by atoms with Gasteiger partial charge in [0, 0.05) is 38.9 Å². The second kappa shape index (κ2) is 8.20. The first-order chi connectivity index (χ1) is 14.8. The molecule has 31 heavy (non-hydrogen) atoms. The molecule has 2 saturated heterocycles. The maximum Gasteiger partial charge on any atom is 0.258 e. The van der Waals surface area contributed by atoms with Crippen molar-refractivity contribution in [3.05, 3.63) is 29.8 Å². The van der Waals surface area contributed by atoms with Crippen LogP contribution in [0.2, 0.25) is 0 Å². The molecule has 0 bridgehead atoms. The Morgan fingerprint density at radius 1 is 1.23 bits per heavy atom. The van der Waals surface area contributed by atoms with E-state index in [-0.39, 0.29) is 36.6 Å². The lowest BCUT2D eigenvalue weighted by atomic mass is 9.97. The number of fused-ring (bicyclic) bond motifs is 1. The second-order valence-corrected chi connectivity index (χ2v) is 8.59. The van der Waals surface area contributed by atoms with E-state index in [1.54, 1.807) is 41.0 Å². The van der Waals surface area contributed by atoms with E-state index < -0.39 is 17.7 Å². The van der Waals surface area contributed by atoms with Gasteiger partial charge in [0.25, 0.3) is 5.91 Å². The van der Waals surface area contributed by atoms with E-state index in [0.717, 1.165) is 0 Å². The predicted octanol–water partition coefficient (Wildman–Crippen LogP) is 0.630. The number of ether oxygens (including phenoxy) is 1. The van der Waals surface area contributed by atoms with Crippen molar-refractivity contribution in [2.45, 2.75) is 50.8 Å². The van der Waals surface area contributed by atoms with Crippen molar-refractivity contribution in [1.82, 2.24) is 15.1 Å². The number of carbonyl (C=O) groups is 4. The molecule has 3 atom stereocenters. The van der Waals surface area contributed by atoms with Crippen molar-refractivity contribution in [2.75, 3.05) is 19.6 Å². The van der Waals surface area contributed by atoms with Crippen molar-refractivity contribution in [1.29, 1.82) is 0 Å². The lowest BCUT2D eigenvalue weighted by Crippen LogP contribution is -2.57. The molecule has 3 aliphatic rings. The number of para-hydroxylation sites is 1. The highest BCUT2D eigenvalue weighted by molar-refractivity contribution is 5.98. The van der Waals surface area contributed by atoms with Crippen molar-refractivity contribution < 1.29 is 23.9 Å². The lowest BCUT2D eigenvalue weighted by Gasteiger charge is -2.39. The Morgan fingerprint density at radius 3 is 2.77 bits per heavy atom. The zero-order valence-electron chi connectivity index (χ0n) is 17.6. The standard InChI is InChI=1S/C22H28N4O5/c1-14(21(30)25-11-4-5-15(13-25)19(23)28)26-12-10-22(9-8-18(26)27)24-20(29)16-6-2-3-7-17(16)31-22/h2-3,6-7,14-15H,4-5,8-13H2,1H3,(H2,23,28)(H,24,29). The van der Waals surface area contributed by atoms with Crippen LogP contribution in [0.4, 0.5) is 0 Å². The first kappa shape index (κ1) is 21.1. The minimum Gasteiger partial charge on any atom is -0.467 e. The molecule has 0 aliphatic carbocycles. The van der Waals surface area contributed by atoms with Crippen LogP contribution in [0.15, 0.2) is 24.3 Å². The van der Waals surface area contributed by atoms with Gasteiger partial charge in [-0.2, -0.15) is 0 Å². The summed E-state index contributed by atoms with van der Waals surface area (Å²) in [6, 6.07) is 6.36. The summed E-state index contributed by atoms with van der Waals surface area (Å²) in [6.07, 6.45) is 2.25. The summed E-state index contributed by atoms with van der Waals surface area (Å²) in [4.78, 5) is 53.3. The molecule has 0 saturated carbocycles. The number of primary amides is 1. The summed E-state index contributed by atoms with van der Waals surface area (Å²) in [7, 11) is 0. The molecule has 0 aromatic heterocycles. The molecule has 3 N–H and O–H groups in total. The fourth-order valence-corrected chi connectivity index (χ4v) is 4.70. The number of benzene rings is 1. The van der Waals surface area contributed by atoms with Gasteiger partial charge in [0.2, 0.25) is 17.7 Å². The molecule has 4 amide bonds. The fraction of sp³-hybridized carbons (Fsp3) is 0.545. The van der Waals surface area contributed by atoms with Crippen LogP contribution in [0, 0.1) is 5.92 Å². The molecular weight excluding hydrogens is 400 g/mol. The highest BCUT2D eigenvalue weighted by Crippen LogP contribution is 2.34. The van der Waals surface area contributed by atoms with Crippen molar-refractivity contribution in [3.63, 3.8) is 0 Å². The molecular formula is C22H28N4O5. The van der Waals surface area contributed by atoms with Crippen molar-refractivity contribution in [2.24, 2.45) is 11.7 Å². The average Bonchev–Trinajstić information content (AvgIpc) is 2.92. The molecule has 1 spiro atoms. The Bertz CT molecular complexity index is 919. The quantitative estimate of drug-likeness (QED) is 0.731. The molecule has 9 heteroatoms. The van der Waals surface area contributed by atoms with Gasteiger partial charge in [-0.15, -0.1) is 0 Å². The third-order valence-electron chi connectivity index (χ3n) is 6.56. The van der Waals surface area contributed by atoms with Crippen LogP contribution in [0.3, 0.4) is 0 Å². The van der Waals surface area contributed by atoms with Gasteiger partial charge in [0.05, 0.1) is 11.5 Å². The maximum atomic E-state index is 13.1. The van der Waals surface area contributed by atoms with Gasteiger partial charge in [-0.25, -0.2) is 0 Å². The molecule has 166 valence electrons. The summed E-state index contributed by atoms with van der Waals surface area (Å²) in [5, 5.41) is 2.93. The van der Waals surface area contributed by atoms with E-state index >= 15 is 0 Å². The van der Waals surface area contributed by atoms with Crippen LogP contribution in [0.5, 0.6) is 5.75 Å². The molecule has 2 fully saturated rings. The number of piperidine rings is 1. The highest BCUT2D eigenvalue weighted by Gasteiger charge is 2.44. The Kier molecular flexibility index (Phi) is 5.60. The Balaban J connectivity index is 1.46. The van der Waals surface area contributed by atoms with E-state index in [9.17, 15) is 19.2 Å². The minimum atomic E-state index is -0.971. The number of nitrogens with two attached hydrogens (primary N) is 1. The van der Waals surface area contributed by atoms with E-state index in [4.69, 9.17) is 10.5 Å². The van der Waals surface area contributed by atoms with Crippen LogP contribution in [-0.4, -0.2) is 64.8 Å². The normalized spacial score (nSPS) is 27.1. The molecule has 4 rings (SSSR count). The van der Waals surface area contributed by atoms with Crippen molar-refractivity contribution >= 4 is 23.6 Å². The molecule has 3 aliphatic heterocycles. The van der Waals surface area contributed by atoms with Crippen LogP contribution in [-0.2, 0) is 14.4 Å². The van der Waals surface area contributed by atoms with Gasteiger partial charge in [0.1, 0.15) is 11.8 Å². The monoisotopic (exact) mass is 428 g/mol. The first-order valence-corrected chi connectivity index (χ1v) is 10.8. The fourth-order valence-electron chi connectivity index (χ4n) is 4.70. The topological polar surface area (TPSA) is 122 Å². The lowest BCUT2D eigenvalue weighted by molar-refractivity contribution is -0.146. The predicted molar refractivity (Wildman–Crippen MR) is 111 cm³/mol. The number of rotatable bonds is 3. The van der Waals surface area contributed by atoms with E-state index in [1.807, 2.05) is 0 Å². The summed E-state index contributed by atoms with van der Waals surface area (Å²) < 4.78 is 6.15. The van der Waals surface area contributed by atoms with E-state index in [2.05, 4.69) is 5.32 Å². The number of carbonyl (C=O) groups excluding carboxylic acids is 4. The number of nitrogens with zero attached hydrogens (tertiary/aromatic N) is 2. The number of nitrogens with one attached hydrogen (secondary N) is 1. The Morgan fingerprint density at radius 2 is 2.00 bits per heavy atom. The third kappa shape index (κ3) is 4.08. The number of hydrogen-bond acceptors (Lipinski definition) is 5. The largest absolute Gasteiger partial charge is 0.467 e. The van der Waals surface area contributed by atoms with Gasteiger partial charge < -0.3 is 25.6 Å². The number of amides is 4.